The van der Waals surface area contributed by atoms with Crippen LogP contribution in [-0.4, -0.2) is 13.1 Å². The summed E-state index contributed by atoms with van der Waals surface area (Å²) in [5.41, 5.74) is 1.76. The van der Waals surface area contributed by atoms with Crippen molar-refractivity contribution in [3.63, 3.8) is 0 Å². The van der Waals surface area contributed by atoms with E-state index in [-0.39, 0.29) is 0 Å². The Balaban J connectivity index is 0.000000673. The van der Waals surface area contributed by atoms with Crippen molar-refractivity contribution in [2.24, 2.45) is 0 Å². The van der Waals surface area contributed by atoms with Gasteiger partial charge in [0.2, 0.25) is 5.39 Å². The third kappa shape index (κ3) is 5.65. The summed E-state index contributed by atoms with van der Waals surface area (Å²) in [6.45, 7) is 6.22. The molecule has 0 radical (unpaired) electrons. The van der Waals surface area contributed by atoms with Crippen LogP contribution < -0.4 is 4.90 Å². The van der Waals surface area contributed by atoms with E-state index in [0.717, 1.165) is 18.8 Å². The third-order valence-electron chi connectivity index (χ3n) is 2.09. The summed E-state index contributed by atoms with van der Waals surface area (Å²) in [6.07, 6.45) is 0. The Hall–Kier alpha value is -0.357. The van der Waals surface area contributed by atoms with Gasteiger partial charge in [-0.15, -0.1) is 0 Å². The van der Waals surface area contributed by atoms with Crippen molar-refractivity contribution in [2.45, 2.75) is 13.8 Å². The van der Waals surface area contributed by atoms with E-state index in [9.17, 15) is 0 Å². The molecular weight excluding hydrogens is 298 g/mol. The molecule has 3 nitrogen and oxygen atoms in total. The van der Waals surface area contributed by atoms with Crippen LogP contribution in [0.2, 0.25) is 0 Å². The molecule has 0 aliphatic rings. The first-order chi connectivity index (χ1) is 7.73. The molecule has 1 aromatic carbocycles. The number of benzene rings is 1. The Labute approximate surface area is 112 Å². The molecule has 0 saturated heterocycles. The van der Waals surface area contributed by atoms with Gasteiger partial charge in [-0.3, -0.25) is 0 Å². The average Bonchev–Trinajstić information content (AvgIpc) is 2.32. The topological polar surface area (TPSA) is 31.4 Å². The van der Waals surface area contributed by atoms with Crippen molar-refractivity contribution in [1.29, 1.82) is 5.39 Å². The molecule has 0 spiro atoms. The zero-order valence-electron chi connectivity index (χ0n) is 9.53. The van der Waals surface area contributed by atoms with Crippen LogP contribution in [0.25, 0.3) is 4.98 Å². The summed E-state index contributed by atoms with van der Waals surface area (Å²) >= 11 is -0.931. The number of hydrogen-bond acceptors (Lipinski definition) is 2. The normalized spacial score (nSPS) is 8.19. The fraction of sp³-hybridized carbons (Fsp3) is 0.400. The molecule has 0 heterocycles. The number of nitrogens with zero attached hydrogens (tertiary/aromatic N) is 3. The zero-order valence-corrected chi connectivity index (χ0v) is 14.0. The van der Waals surface area contributed by atoms with Gasteiger partial charge in [-0.2, -0.15) is 0 Å². The van der Waals surface area contributed by atoms with Crippen molar-refractivity contribution in [3.05, 3.63) is 29.2 Å². The maximum absolute atomic E-state index is 8.49. The van der Waals surface area contributed by atoms with E-state index in [2.05, 4.69) is 23.7 Å². The van der Waals surface area contributed by atoms with Crippen molar-refractivity contribution in [2.75, 3.05) is 18.0 Å². The molecule has 1 aromatic rings. The molecule has 16 heavy (non-hydrogen) atoms. The fourth-order valence-corrected chi connectivity index (χ4v) is 1.32. The van der Waals surface area contributed by atoms with Crippen LogP contribution >= 0.6 is 19.4 Å². The van der Waals surface area contributed by atoms with Crippen LogP contribution in [-0.2, 0) is 15.1 Å². The van der Waals surface area contributed by atoms with Crippen LogP contribution in [0.15, 0.2) is 24.3 Å². The first-order valence-corrected chi connectivity index (χ1v) is 12.8. The van der Waals surface area contributed by atoms with Gasteiger partial charge in [-0.25, -0.2) is 0 Å². The third-order valence-corrected chi connectivity index (χ3v) is 2.09. The predicted octanol–water partition coefficient (Wildman–Crippen LogP) is 4.39. The fourth-order valence-electron chi connectivity index (χ4n) is 1.32. The molecule has 0 fully saturated rings. The van der Waals surface area contributed by atoms with Gasteiger partial charge in [0.1, 0.15) is 0 Å². The summed E-state index contributed by atoms with van der Waals surface area (Å²) < 4.78 is 0. The minimum atomic E-state index is -0.931. The van der Waals surface area contributed by atoms with Crippen molar-refractivity contribution in [3.8, 4) is 0 Å². The standard InChI is InChI=1S/C10H14N3.2ClH.Zn/c1-3-13(4-2)10-7-5-9(12-11)6-8-10;;;/h5-8H,3-4H2,1-2H3;2*1H;/q+1;;;+2/p-2. The van der Waals surface area contributed by atoms with Crippen molar-refractivity contribution in [1.82, 2.24) is 0 Å². The van der Waals surface area contributed by atoms with Gasteiger partial charge in [-0.1, -0.05) is 0 Å². The van der Waals surface area contributed by atoms with E-state index in [0.29, 0.717) is 5.69 Å². The number of rotatable bonds is 3. The molecule has 0 aromatic heterocycles. The van der Waals surface area contributed by atoms with E-state index in [1.165, 1.54) is 0 Å². The molecule has 6 heteroatoms. The van der Waals surface area contributed by atoms with E-state index < -0.39 is 15.1 Å². The van der Waals surface area contributed by atoms with E-state index >= 15 is 0 Å². The van der Waals surface area contributed by atoms with Crippen LogP contribution in [0.5, 0.6) is 0 Å². The molecule has 0 atom stereocenters. The summed E-state index contributed by atoms with van der Waals surface area (Å²) in [5, 5.41) is 8.49. The molecule has 1 rings (SSSR count). The molecule has 0 N–H and O–H groups in total. The Morgan fingerprint density at radius 2 is 1.62 bits per heavy atom. The Kier molecular flexibility index (Phi) is 9.62. The van der Waals surface area contributed by atoms with Gasteiger partial charge in [0.25, 0.3) is 0 Å². The van der Waals surface area contributed by atoms with Crippen LogP contribution in [0.1, 0.15) is 13.8 Å². The minimum absolute atomic E-state index is 0.593. The molecule has 0 amide bonds. The molecule has 0 aliphatic carbocycles. The number of anilines is 1. The Bertz CT molecular complexity index is 320. The first-order valence-electron chi connectivity index (χ1n) is 5.05. The molecule has 0 aliphatic heterocycles. The SMILES string of the molecule is CCN(CC)c1ccc([N+]#N)cc1.[Cl][Zn][Cl]. The van der Waals surface area contributed by atoms with E-state index in [4.69, 9.17) is 24.8 Å². The molecule has 84 valence electrons. The summed E-state index contributed by atoms with van der Waals surface area (Å²) in [6, 6.07) is 7.52. The van der Waals surface area contributed by atoms with E-state index in [1.807, 2.05) is 12.1 Å². The summed E-state index contributed by atoms with van der Waals surface area (Å²) in [5.74, 6) is 0. The second-order valence-electron chi connectivity index (χ2n) is 2.89. The molecular formula is C10H14Cl2N3Zn+. The van der Waals surface area contributed by atoms with Crippen LogP contribution in [0.3, 0.4) is 0 Å². The van der Waals surface area contributed by atoms with Gasteiger partial charge < -0.3 is 4.90 Å². The monoisotopic (exact) mass is 310 g/mol. The van der Waals surface area contributed by atoms with Crippen molar-refractivity contribution >= 4 is 30.8 Å². The van der Waals surface area contributed by atoms with Gasteiger partial charge >= 0.3 is 40.2 Å². The number of halogens is 2. The van der Waals surface area contributed by atoms with Gasteiger partial charge in [0, 0.05) is 30.9 Å². The van der Waals surface area contributed by atoms with Gasteiger partial charge in [0.15, 0.2) is 4.98 Å². The van der Waals surface area contributed by atoms with Gasteiger partial charge in [0.05, 0.1) is 0 Å². The van der Waals surface area contributed by atoms with Crippen LogP contribution in [0.4, 0.5) is 11.4 Å². The second kappa shape index (κ2) is 9.84. The Morgan fingerprint density at radius 3 is 1.94 bits per heavy atom. The Morgan fingerprint density at radius 1 is 1.19 bits per heavy atom. The molecule has 0 unspecified atom stereocenters. The average molecular weight is 313 g/mol. The van der Waals surface area contributed by atoms with Crippen molar-refractivity contribution < 1.29 is 15.1 Å². The quantitative estimate of drug-likeness (QED) is 0.612. The van der Waals surface area contributed by atoms with Crippen LogP contribution in [0, 0.1) is 5.39 Å². The molecule has 0 bridgehead atoms. The first kappa shape index (κ1) is 15.6. The van der Waals surface area contributed by atoms with Gasteiger partial charge in [-0.05, 0) is 26.0 Å². The number of hydrogen-bond donors (Lipinski definition) is 0. The zero-order chi connectivity index (χ0) is 12.4. The summed E-state index contributed by atoms with van der Waals surface area (Å²) in [4.78, 5) is 5.34. The molecule has 0 saturated carbocycles. The number of diazo groups is 1. The van der Waals surface area contributed by atoms with E-state index in [1.54, 1.807) is 12.1 Å². The predicted molar refractivity (Wildman–Crippen MR) is 66.5 cm³/mol. The second-order valence-corrected chi connectivity index (χ2v) is 7.51. The summed E-state index contributed by atoms with van der Waals surface area (Å²) in [7, 11) is 9.90. The maximum atomic E-state index is 8.49.